The van der Waals surface area contributed by atoms with Crippen molar-refractivity contribution >= 4 is 45.9 Å². The fourth-order valence-electron chi connectivity index (χ4n) is 4.63. The lowest BCUT2D eigenvalue weighted by Crippen LogP contribution is -2.35. The largest absolute Gasteiger partial charge is 0.340 e. The fourth-order valence-corrected chi connectivity index (χ4v) is 4.63. The molecule has 11 nitrogen and oxygen atoms in total. The summed E-state index contributed by atoms with van der Waals surface area (Å²) in [6, 6.07) is 13.0. The Morgan fingerprint density at radius 3 is 2.61 bits per heavy atom. The van der Waals surface area contributed by atoms with Gasteiger partial charge in [-0.1, -0.05) is 13.0 Å². The van der Waals surface area contributed by atoms with E-state index in [0.29, 0.717) is 34.5 Å². The summed E-state index contributed by atoms with van der Waals surface area (Å²) in [5.41, 5.74) is 3.00. The summed E-state index contributed by atoms with van der Waals surface area (Å²) in [4.78, 5) is 39.7. The van der Waals surface area contributed by atoms with Crippen LogP contribution in [0.2, 0.25) is 0 Å². The number of nitrogens with one attached hydrogen (secondary N) is 2. The molecule has 1 unspecified atom stereocenters. The number of piperidine rings is 1. The van der Waals surface area contributed by atoms with Crippen LogP contribution >= 0.6 is 0 Å². The van der Waals surface area contributed by atoms with E-state index in [0.717, 1.165) is 30.8 Å². The number of amides is 1. The van der Waals surface area contributed by atoms with Crippen molar-refractivity contribution in [1.82, 2.24) is 19.5 Å². The SMILES string of the molecule is CC1CCCN(c2nc(Nc3cccc(NC(=O)c4ccc([N+](=O)[O-])cc4)c3)c3ncn(C(C)C)c3n2)C1. The lowest BCUT2D eigenvalue weighted by molar-refractivity contribution is -0.384. The van der Waals surface area contributed by atoms with Gasteiger partial charge in [0.25, 0.3) is 11.6 Å². The molecule has 1 aliphatic rings. The molecule has 4 aromatic rings. The second-order valence-corrected chi connectivity index (χ2v) is 9.95. The van der Waals surface area contributed by atoms with E-state index in [1.165, 1.54) is 30.7 Å². The van der Waals surface area contributed by atoms with Gasteiger partial charge in [-0.15, -0.1) is 0 Å². The molecule has 3 heterocycles. The third-order valence-corrected chi connectivity index (χ3v) is 6.63. The molecule has 1 saturated heterocycles. The number of benzene rings is 2. The number of hydrogen-bond acceptors (Lipinski definition) is 8. The summed E-state index contributed by atoms with van der Waals surface area (Å²) in [7, 11) is 0. The summed E-state index contributed by atoms with van der Waals surface area (Å²) in [5, 5.41) is 17.1. The Balaban J connectivity index is 1.42. The number of rotatable bonds is 7. The molecule has 1 aliphatic heterocycles. The first-order valence-electron chi connectivity index (χ1n) is 12.7. The van der Waals surface area contributed by atoms with Gasteiger partial charge in [0.15, 0.2) is 17.0 Å². The van der Waals surface area contributed by atoms with Crippen molar-refractivity contribution in [3.8, 4) is 0 Å². The highest BCUT2D eigenvalue weighted by Gasteiger charge is 2.22. The zero-order valence-electron chi connectivity index (χ0n) is 21.6. The van der Waals surface area contributed by atoms with Crippen molar-refractivity contribution in [2.75, 3.05) is 28.6 Å². The summed E-state index contributed by atoms with van der Waals surface area (Å²) in [6.07, 6.45) is 4.09. The number of imidazole rings is 1. The molecule has 0 saturated carbocycles. The molecule has 0 bridgehead atoms. The minimum atomic E-state index is -0.498. The summed E-state index contributed by atoms with van der Waals surface area (Å²) in [6.45, 7) is 8.25. The number of non-ortho nitro benzene ring substituents is 1. The minimum absolute atomic E-state index is 0.0674. The van der Waals surface area contributed by atoms with E-state index in [4.69, 9.17) is 9.97 Å². The van der Waals surface area contributed by atoms with E-state index in [1.54, 1.807) is 18.5 Å². The van der Waals surface area contributed by atoms with Crippen molar-refractivity contribution in [2.24, 2.45) is 5.92 Å². The maximum atomic E-state index is 12.7. The van der Waals surface area contributed by atoms with Crippen LogP contribution in [0.3, 0.4) is 0 Å². The minimum Gasteiger partial charge on any atom is -0.340 e. The molecule has 38 heavy (non-hydrogen) atoms. The monoisotopic (exact) mass is 514 g/mol. The van der Waals surface area contributed by atoms with E-state index in [9.17, 15) is 14.9 Å². The van der Waals surface area contributed by atoms with E-state index in [2.05, 4.69) is 41.3 Å². The molecule has 5 rings (SSSR count). The van der Waals surface area contributed by atoms with Crippen LogP contribution in [-0.2, 0) is 0 Å². The first-order valence-corrected chi connectivity index (χ1v) is 12.7. The predicted molar refractivity (Wildman–Crippen MR) is 147 cm³/mol. The first-order chi connectivity index (χ1) is 18.3. The Kier molecular flexibility index (Phi) is 6.91. The quantitative estimate of drug-likeness (QED) is 0.242. The van der Waals surface area contributed by atoms with Gasteiger partial charge in [-0.25, -0.2) is 4.98 Å². The first kappa shape index (κ1) is 25.1. The highest BCUT2D eigenvalue weighted by atomic mass is 16.6. The number of nitro benzene ring substituents is 1. The van der Waals surface area contributed by atoms with Gasteiger partial charge in [-0.2, -0.15) is 9.97 Å². The standard InChI is InChI=1S/C27H30N8O3/c1-17(2)34-16-28-23-24(31-27(32-25(23)34)33-13-5-6-18(3)15-33)29-20-7-4-8-21(14-20)30-26(36)19-9-11-22(12-10-19)35(37)38/h4,7-12,14,16-18H,5-6,13,15H2,1-3H3,(H,30,36)(H,29,31,32). The Labute approximate surface area is 220 Å². The van der Waals surface area contributed by atoms with Gasteiger partial charge in [0.05, 0.1) is 11.3 Å². The molecule has 11 heteroatoms. The molecule has 2 aromatic heterocycles. The van der Waals surface area contributed by atoms with Crippen LogP contribution in [0.25, 0.3) is 11.2 Å². The lowest BCUT2D eigenvalue weighted by atomic mass is 10.0. The van der Waals surface area contributed by atoms with Crippen LogP contribution in [0.1, 0.15) is 50.0 Å². The van der Waals surface area contributed by atoms with E-state index >= 15 is 0 Å². The van der Waals surface area contributed by atoms with Crippen molar-refractivity contribution in [3.05, 3.63) is 70.5 Å². The molecule has 0 aliphatic carbocycles. The third-order valence-electron chi connectivity index (χ3n) is 6.63. The summed E-state index contributed by atoms with van der Waals surface area (Å²) < 4.78 is 2.04. The van der Waals surface area contributed by atoms with E-state index in [1.807, 2.05) is 16.7 Å². The van der Waals surface area contributed by atoms with Crippen molar-refractivity contribution in [3.63, 3.8) is 0 Å². The molecule has 1 amide bonds. The zero-order chi connectivity index (χ0) is 26.8. The summed E-state index contributed by atoms with van der Waals surface area (Å²) in [5.74, 6) is 1.49. The second-order valence-electron chi connectivity index (χ2n) is 9.95. The number of nitro groups is 1. The van der Waals surface area contributed by atoms with Gasteiger partial charge in [0.1, 0.15) is 0 Å². The molecular weight excluding hydrogens is 484 g/mol. The van der Waals surface area contributed by atoms with E-state index < -0.39 is 4.92 Å². The number of hydrogen-bond donors (Lipinski definition) is 2. The average Bonchev–Trinajstić information content (AvgIpc) is 3.34. The van der Waals surface area contributed by atoms with Gasteiger partial charge in [-0.05, 0) is 62.9 Å². The topological polar surface area (TPSA) is 131 Å². The highest BCUT2D eigenvalue weighted by molar-refractivity contribution is 6.04. The number of carbonyl (C=O) groups is 1. The number of aromatic nitrogens is 4. The maximum Gasteiger partial charge on any atom is 0.269 e. The van der Waals surface area contributed by atoms with Crippen LogP contribution in [0.15, 0.2) is 54.9 Å². The Morgan fingerprint density at radius 2 is 1.89 bits per heavy atom. The highest BCUT2D eigenvalue weighted by Crippen LogP contribution is 2.30. The zero-order valence-corrected chi connectivity index (χ0v) is 21.6. The maximum absolute atomic E-state index is 12.7. The molecule has 2 aromatic carbocycles. The lowest BCUT2D eigenvalue weighted by Gasteiger charge is -2.31. The van der Waals surface area contributed by atoms with Crippen molar-refractivity contribution in [2.45, 2.75) is 39.7 Å². The molecule has 1 atom stereocenters. The van der Waals surface area contributed by atoms with E-state index in [-0.39, 0.29) is 17.6 Å². The van der Waals surface area contributed by atoms with Crippen LogP contribution in [0.4, 0.5) is 28.8 Å². The smallest absolute Gasteiger partial charge is 0.269 e. The van der Waals surface area contributed by atoms with Crippen LogP contribution in [0, 0.1) is 16.0 Å². The van der Waals surface area contributed by atoms with Crippen molar-refractivity contribution < 1.29 is 9.72 Å². The molecule has 196 valence electrons. The Bertz CT molecular complexity index is 1480. The Morgan fingerprint density at radius 1 is 1.13 bits per heavy atom. The van der Waals surface area contributed by atoms with Gasteiger partial charge in [0, 0.05) is 48.2 Å². The number of carbonyl (C=O) groups excluding carboxylic acids is 1. The summed E-state index contributed by atoms with van der Waals surface area (Å²) >= 11 is 0. The second kappa shape index (κ2) is 10.4. The van der Waals surface area contributed by atoms with Gasteiger partial charge in [-0.3, -0.25) is 14.9 Å². The normalized spacial score (nSPS) is 15.6. The van der Waals surface area contributed by atoms with Crippen LogP contribution in [0.5, 0.6) is 0 Å². The molecule has 0 radical (unpaired) electrons. The fraction of sp³-hybridized carbons (Fsp3) is 0.333. The molecule has 2 N–H and O–H groups in total. The number of anilines is 4. The average molecular weight is 515 g/mol. The number of nitrogens with zero attached hydrogens (tertiary/aromatic N) is 6. The molecule has 0 spiro atoms. The Hall–Kier alpha value is -4.54. The molecule has 1 fully saturated rings. The van der Waals surface area contributed by atoms with Crippen LogP contribution < -0.4 is 15.5 Å². The van der Waals surface area contributed by atoms with Gasteiger partial charge >= 0.3 is 0 Å². The molecular formula is C27H30N8O3. The van der Waals surface area contributed by atoms with Gasteiger partial charge < -0.3 is 20.1 Å². The third kappa shape index (κ3) is 5.26. The van der Waals surface area contributed by atoms with Crippen LogP contribution in [-0.4, -0.2) is 43.4 Å². The number of fused-ring (bicyclic) bond motifs is 1. The predicted octanol–water partition coefficient (Wildman–Crippen LogP) is 5.55. The van der Waals surface area contributed by atoms with Gasteiger partial charge in [0.2, 0.25) is 5.95 Å². The van der Waals surface area contributed by atoms with Crippen molar-refractivity contribution in [1.29, 1.82) is 0 Å².